The van der Waals surface area contributed by atoms with Crippen LogP contribution in [0.25, 0.3) is 21.9 Å². The van der Waals surface area contributed by atoms with Crippen molar-refractivity contribution in [2.24, 2.45) is 0 Å². The molecule has 3 heteroatoms. The predicted octanol–water partition coefficient (Wildman–Crippen LogP) is 3.54. The van der Waals surface area contributed by atoms with Gasteiger partial charge in [-0.1, -0.05) is 18.2 Å². The number of hydrogen-bond donors (Lipinski definition) is 1. The van der Waals surface area contributed by atoms with E-state index in [0.29, 0.717) is 0 Å². The molecule has 1 heterocycles. The summed E-state index contributed by atoms with van der Waals surface area (Å²) >= 11 is 0. The van der Waals surface area contributed by atoms with Crippen molar-refractivity contribution in [2.75, 3.05) is 5.32 Å². The minimum Gasteiger partial charge on any atom is -0.456 e. The summed E-state index contributed by atoms with van der Waals surface area (Å²) in [6, 6.07) is 13.5. The third kappa shape index (κ3) is 1.65. The number of fused-ring (bicyclic) bond motifs is 3. The highest BCUT2D eigenvalue weighted by Crippen LogP contribution is 2.30. The van der Waals surface area contributed by atoms with Crippen LogP contribution >= 0.6 is 0 Å². The second-order valence-electron chi connectivity index (χ2n) is 3.99. The maximum absolute atomic E-state index is 11.0. The second-order valence-corrected chi connectivity index (χ2v) is 3.99. The standard InChI is InChI=1S/C14H11NO2/c1-9(16)15-10-6-7-14-12(8-10)11-4-2-3-5-13(11)17-14/h2-8H,1H3,(H,15,16). The van der Waals surface area contributed by atoms with E-state index in [1.807, 2.05) is 42.5 Å². The fraction of sp³-hybridized carbons (Fsp3) is 0.0714. The SMILES string of the molecule is CC(=O)Nc1ccc2oc3ccccc3c2c1. The summed E-state index contributed by atoms with van der Waals surface area (Å²) in [4.78, 5) is 11.0. The molecule has 0 saturated heterocycles. The fourth-order valence-electron chi connectivity index (χ4n) is 2.01. The van der Waals surface area contributed by atoms with Crippen molar-refractivity contribution < 1.29 is 9.21 Å². The maximum atomic E-state index is 11.0. The Labute approximate surface area is 98.0 Å². The number of carbonyl (C=O) groups is 1. The van der Waals surface area contributed by atoms with Crippen LogP contribution in [0.15, 0.2) is 46.9 Å². The topological polar surface area (TPSA) is 42.2 Å². The van der Waals surface area contributed by atoms with Crippen molar-refractivity contribution in [3.8, 4) is 0 Å². The molecule has 1 amide bonds. The Morgan fingerprint density at radius 3 is 2.65 bits per heavy atom. The molecule has 0 fully saturated rings. The molecule has 1 N–H and O–H groups in total. The molecular formula is C14H11NO2. The molecule has 0 aliphatic heterocycles. The Kier molecular flexibility index (Phi) is 2.11. The van der Waals surface area contributed by atoms with Crippen LogP contribution in [0.3, 0.4) is 0 Å². The summed E-state index contributed by atoms with van der Waals surface area (Å²) in [5.41, 5.74) is 2.49. The van der Waals surface area contributed by atoms with Crippen LogP contribution in [0.5, 0.6) is 0 Å². The van der Waals surface area contributed by atoms with Gasteiger partial charge in [0.15, 0.2) is 0 Å². The van der Waals surface area contributed by atoms with Crippen LogP contribution in [0.4, 0.5) is 5.69 Å². The van der Waals surface area contributed by atoms with Gasteiger partial charge in [-0.2, -0.15) is 0 Å². The first-order valence-corrected chi connectivity index (χ1v) is 5.43. The Morgan fingerprint density at radius 2 is 1.82 bits per heavy atom. The lowest BCUT2D eigenvalue weighted by atomic mass is 10.1. The zero-order chi connectivity index (χ0) is 11.8. The van der Waals surface area contributed by atoms with Gasteiger partial charge in [0.2, 0.25) is 5.91 Å². The molecule has 0 spiro atoms. The number of furan rings is 1. The van der Waals surface area contributed by atoms with Crippen molar-refractivity contribution in [3.05, 3.63) is 42.5 Å². The van der Waals surface area contributed by atoms with E-state index in [-0.39, 0.29) is 5.91 Å². The van der Waals surface area contributed by atoms with Gasteiger partial charge in [0.25, 0.3) is 0 Å². The lowest BCUT2D eigenvalue weighted by molar-refractivity contribution is -0.114. The van der Waals surface area contributed by atoms with Crippen LogP contribution in [0, 0.1) is 0 Å². The monoisotopic (exact) mass is 225 g/mol. The summed E-state index contributed by atoms with van der Waals surface area (Å²) in [6.07, 6.45) is 0. The summed E-state index contributed by atoms with van der Waals surface area (Å²) in [6.45, 7) is 1.50. The summed E-state index contributed by atoms with van der Waals surface area (Å²) < 4.78 is 5.70. The Morgan fingerprint density at radius 1 is 1.06 bits per heavy atom. The molecular weight excluding hydrogens is 214 g/mol. The third-order valence-electron chi connectivity index (χ3n) is 2.70. The minimum atomic E-state index is -0.0721. The molecule has 0 aliphatic carbocycles. The third-order valence-corrected chi connectivity index (χ3v) is 2.70. The smallest absolute Gasteiger partial charge is 0.221 e. The predicted molar refractivity (Wildman–Crippen MR) is 68.0 cm³/mol. The average Bonchev–Trinajstić information content (AvgIpc) is 2.66. The van der Waals surface area contributed by atoms with E-state index in [0.717, 1.165) is 27.6 Å². The summed E-state index contributed by atoms with van der Waals surface area (Å²) in [5, 5.41) is 4.86. The van der Waals surface area contributed by atoms with Gasteiger partial charge in [-0.05, 0) is 24.3 Å². The lowest BCUT2D eigenvalue weighted by Gasteiger charge is -2.00. The summed E-state index contributed by atoms with van der Waals surface area (Å²) in [7, 11) is 0. The van der Waals surface area contributed by atoms with Crippen LogP contribution in [-0.4, -0.2) is 5.91 Å². The van der Waals surface area contributed by atoms with E-state index in [1.54, 1.807) is 0 Å². The molecule has 84 valence electrons. The number of para-hydroxylation sites is 1. The van der Waals surface area contributed by atoms with Gasteiger partial charge in [0, 0.05) is 23.4 Å². The molecule has 0 atom stereocenters. The van der Waals surface area contributed by atoms with Crippen molar-refractivity contribution in [3.63, 3.8) is 0 Å². The molecule has 1 aromatic heterocycles. The first kappa shape index (κ1) is 9.90. The molecule has 0 bridgehead atoms. The van der Waals surface area contributed by atoms with E-state index in [4.69, 9.17) is 4.42 Å². The highest BCUT2D eigenvalue weighted by Gasteiger charge is 2.06. The molecule has 17 heavy (non-hydrogen) atoms. The van der Waals surface area contributed by atoms with Crippen LogP contribution in [-0.2, 0) is 4.79 Å². The van der Waals surface area contributed by atoms with Crippen molar-refractivity contribution in [1.29, 1.82) is 0 Å². The molecule has 2 aromatic carbocycles. The van der Waals surface area contributed by atoms with E-state index < -0.39 is 0 Å². The summed E-state index contributed by atoms with van der Waals surface area (Å²) in [5.74, 6) is -0.0721. The number of nitrogens with one attached hydrogen (secondary N) is 1. The maximum Gasteiger partial charge on any atom is 0.221 e. The van der Waals surface area contributed by atoms with Gasteiger partial charge in [-0.25, -0.2) is 0 Å². The van der Waals surface area contributed by atoms with Gasteiger partial charge in [-0.3, -0.25) is 4.79 Å². The minimum absolute atomic E-state index is 0.0721. The Bertz CT molecular complexity index is 712. The van der Waals surface area contributed by atoms with Crippen LogP contribution < -0.4 is 5.32 Å². The molecule has 3 aromatic rings. The fourth-order valence-corrected chi connectivity index (χ4v) is 2.01. The Balaban J connectivity index is 2.26. The Hall–Kier alpha value is -2.29. The number of hydrogen-bond acceptors (Lipinski definition) is 2. The van der Waals surface area contributed by atoms with Gasteiger partial charge in [-0.15, -0.1) is 0 Å². The number of benzene rings is 2. The molecule has 0 radical (unpaired) electrons. The number of amides is 1. The largest absolute Gasteiger partial charge is 0.456 e. The van der Waals surface area contributed by atoms with Crippen molar-refractivity contribution >= 4 is 33.5 Å². The first-order chi connectivity index (χ1) is 8.24. The normalized spacial score (nSPS) is 10.9. The molecule has 3 rings (SSSR count). The molecule has 0 unspecified atom stereocenters. The zero-order valence-electron chi connectivity index (χ0n) is 9.36. The van der Waals surface area contributed by atoms with Crippen molar-refractivity contribution in [2.45, 2.75) is 6.92 Å². The number of carbonyl (C=O) groups excluding carboxylic acids is 1. The first-order valence-electron chi connectivity index (χ1n) is 5.43. The zero-order valence-corrected chi connectivity index (χ0v) is 9.36. The second kappa shape index (κ2) is 3.63. The van der Waals surface area contributed by atoms with E-state index in [1.165, 1.54) is 6.92 Å². The van der Waals surface area contributed by atoms with Crippen LogP contribution in [0.1, 0.15) is 6.92 Å². The molecule has 3 nitrogen and oxygen atoms in total. The quantitative estimate of drug-likeness (QED) is 0.688. The van der Waals surface area contributed by atoms with Gasteiger partial charge < -0.3 is 9.73 Å². The van der Waals surface area contributed by atoms with Gasteiger partial charge in [0.1, 0.15) is 11.2 Å². The molecule has 0 aliphatic rings. The van der Waals surface area contributed by atoms with Gasteiger partial charge in [0.05, 0.1) is 0 Å². The number of anilines is 1. The average molecular weight is 225 g/mol. The van der Waals surface area contributed by atoms with Gasteiger partial charge >= 0.3 is 0 Å². The van der Waals surface area contributed by atoms with E-state index in [9.17, 15) is 4.79 Å². The van der Waals surface area contributed by atoms with E-state index >= 15 is 0 Å². The number of rotatable bonds is 1. The van der Waals surface area contributed by atoms with E-state index in [2.05, 4.69) is 5.32 Å². The van der Waals surface area contributed by atoms with Crippen LogP contribution in [0.2, 0.25) is 0 Å². The molecule has 0 saturated carbocycles. The highest BCUT2D eigenvalue weighted by atomic mass is 16.3. The van der Waals surface area contributed by atoms with Crippen molar-refractivity contribution in [1.82, 2.24) is 0 Å². The lowest BCUT2D eigenvalue weighted by Crippen LogP contribution is -2.05. The highest BCUT2D eigenvalue weighted by molar-refractivity contribution is 6.06.